The molecule has 2 N–H and O–H groups in total. The molecule has 1 aromatic heterocycles. The third kappa shape index (κ3) is 5.79. The molecule has 3 aromatic rings. The van der Waals surface area contributed by atoms with Crippen LogP contribution in [-0.4, -0.2) is 28.6 Å². The van der Waals surface area contributed by atoms with Crippen LogP contribution < -0.4 is 10.1 Å². The fourth-order valence-electron chi connectivity index (χ4n) is 3.98. The van der Waals surface area contributed by atoms with Crippen LogP contribution >= 0.6 is 11.6 Å². The maximum Gasteiger partial charge on any atom is 0.387 e. The minimum absolute atomic E-state index is 0.0962. The number of carboxylic acids is 1. The minimum atomic E-state index is -3.16. The molecule has 1 heterocycles. The fourth-order valence-corrected chi connectivity index (χ4v) is 4.14. The number of rotatable bonds is 9. The topological polar surface area (TPSA) is 88.5 Å². The van der Waals surface area contributed by atoms with Gasteiger partial charge in [-0.2, -0.15) is 8.78 Å². The van der Waals surface area contributed by atoms with E-state index in [9.17, 15) is 22.8 Å². The molecule has 1 aliphatic carbocycles. The molecule has 188 valence electrons. The maximum absolute atomic E-state index is 14.9. The number of anilines is 1. The summed E-state index contributed by atoms with van der Waals surface area (Å²) < 4.78 is 45.2. The Kier molecular flexibility index (Phi) is 7.49. The molecule has 1 atom stereocenters. The Hall–Kier alpha value is -3.59. The van der Waals surface area contributed by atoms with Crippen molar-refractivity contribution in [3.63, 3.8) is 0 Å². The van der Waals surface area contributed by atoms with E-state index < -0.39 is 24.3 Å². The molecular weight excluding hydrogens is 497 g/mol. The van der Waals surface area contributed by atoms with Crippen LogP contribution in [0.3, 0.4) is 0 Å². The zero-order chi connectivity index (χ0) is 26.0. The lowest BCUT2D eigenvalue weighted by molar-refractivity contribution is -0.117. The van der Waals surface area contributed by atoms with E-state index in [0.717, 1.165) is 18.9 Å². The fraction of sp³-hybridized carbons (Fsp3) is 0.269. The summed E-state index contributed by atoms with van der Waals surface area (Å²) in [5.74, 6) is -2.93. The number of nitrogens with zero attached hydrogens (tertiary/aromatic N) is 1. The number of aromatic nitrogens is 1. The van der Waals surface area contributed by atoms with Crippen LogP contribution in [0.15, 0.2) is 48.7 Å². The van der Waals surface area contributed by atoms with Gasteiger partial charge in [0.05, 0.1) is 27.8 Å². The summed E-state index contributed by atoms with van der Waals surface area (Å²) in [7, 11) is 0. The Morgan fingerprint density at radius 3 is 2.47 bits per heavy atom. The summed E-state index contributed by atoms with van der Waals surface area (Å²) in [6.45, 7) is -1.50. The lowest BCUT2D eigenvalue weighted by Crippen LogP contribution is -2.23. The van der Waals surface area contributed by atoms with E-state index in [1.54, 1.807) is 13.0 Å². The SMILES string of the molecule is Cc1cc(C(CC2CC2)C(=O)Nc2ccc(C(=O)O)cc2)ncc1-c1c(OC(F)F)ccc(Cl)c1F. The number of nitrogens with one attached hydrogen (secondary N) is 1. The summed E-state index contributed by atoms with van der Waals surface area (Å²) in [5, 5.41) is 11.6. The summed E-state index contributed by atoms with van der Waals surface area (Å²) in [4.78, 5) is 28.6. The van der Waals surface area contributed by atoms with Crippen LogP contribution in [-0.2, 0) is 4.79 Å². The number of alkyl halides is 2. The Balaban J connectivity index is 1.65. The van der Waals surface area contributed by atoms with Gasteiger partial charge in [-0.15, -0.1) is 0 Å². The van der Waals surface area contributed by atoms with Crippen LogP contribution in [0.25, 0.3) is 11.1 Å². The molecule has 4 rings (SSSR count). The molecule has 6 nitrogen and oxygen atoms in total. The van der Waals surface area contributed by atoms with Gasteiger partial charge in [0.15, 0.2) is 5.82 Å². The van der Waals surface area contributed by atoms with Crippen molar-refractivity contribution in [3.05, 3.63) is 76.3 Å². The number of benzene rings is 2. The number of amides is 1. The Bertz CT molecular complexity index is 1300. The first-order valence-electron chi connectivity index (χ1n) is 11.2. The van der Waals surface area contributed by atoms with Gasteiger partial charge in [-0.1, -0.05) is 24.4 Å². The van der Waals surface area contributed by atoms with E-state index in [-0.39, 0.29) is 33.4 Å². The second kappa shape index (κ2) is 10.6. The van der Waals surface area contributed by atoms with Crippen LogP contribution in [0.1, 0.15) is 46.8 Å². The van der Waals surface area contributed by atoms with Gasteiger partial charge in [0.25, 0.3) is 0 Å². The molecular formula is C26H22ClF3N2O4. The predicted molar refractivity (Wildman–Crippen MR) is 128 cm³/mol. The lowest BCUT2D eigenvalue weighted by atomic mass is 9.93. The molecule has 10 heteroatoms. The average molecular weight is 519 g/mol. The average Bonchev–Trinajstić information content (AvgIpc) is 3.65. The standard InChI is InChI=1S/C26H22ClF3N2O4/c1-13-10-20(31-12-18(13)22-21(36-26(29)30)9-8-19(27)23(22)28)17(11-14-2-3-14)24(33)32-16-6-4-15(5-7-16)25(34)35/h4-10,12,14,17,26H,2-3,11H2,1H3,(H,32,33)(H,34,35). The first-order chi connectivity index (χ1) is 17.1. The first-order valence-corrected chi connectivity index (χ1v) is 11.6. The molecule has 1 unspecified atom stereocenters. The highest BCUT2D eigenvalue weighted by Gasteiger charge is 2.32. The van der Waals surface area contributed by atoms with Gasteiger partial charge >= 0.3 is 12.6 Å². The second-order valence-corrected chi connectivity index (χ2v) is 9.05. The van der Waals surface area contributed by atoms with Crippen molar-refractivity contribution in [2.24, 2.45) is 5.92 Å². The molecule has 1 aliphatic rings. The monoisotopic (exact) mass is 518 g/mol. The second-order valence-electron chi connectivity index (χ2n) is 8.64. The minimum Gasteiger partial charge on any atom is -0.478 e. The summed E-state index contributed by atoms with van der Waals surface area (Å²) in [5.41, 5.74) is 1.46. The van der Waals surface area contributed by atoms with E-state index in [1.807, 2.05) is 0 Å². The van der Waals surface area contributed by atoms with E-state index >= 15 is 0 Å². The summed E-state index contributed by atoms with van der Waals surface area (Å²) in [6, 6.07) is 9.72. The van der Waals surface area contributed by atoms with Crippen LogP contribution in [0.5, 0.6) is 5.75 Å². The predicted octanol–water partition coefficient (Wildman–Crippen LogP) is 6.67. The highest BCUT2D eigenvalue weighted by atomic mass is 35.5. The number of halogens is 4. The van der Waals surface area contributed by atoms with E-state index in [4.69, 9.17) is 16.7 Å². The van der Waals surface area contributed by atoms with Crippen molar-refractivity contribution in [2.75, 3.05) is 5.32 Å². The molecule has 1 amide bonds. The molecule has 2 aromatic carbocycles. The number of ether oxygens (including phenoxy) is 1. The smallest absolute Gasteiger partial charge is 0.387 e. The van der Waals surface area contributed by atoms with E-state index in [1.165, 1.54) is 36.5 Å². The van der Waals surface area contributed by atoms with Crippen molar-refractivity contribution in [1.29, 1.82) is 0 Å². The Morgan fingerprint density at radius 2 is 1.89 bits per heavy atom. The largest absolute Gasteiger partial charge is 0.478 e. The number of aryl methyl sites for hydroxylation is 1. The number of carbonyl (C=O) groups excluding carboxylic acids is 1. The highest BCUT2D eigenvalue weighted by Crippen LogP contribution is 2.41. The third-order valence-electron chi connectivity index (χ3n) is 6.01. The first kappa shape index (κ1) is 25.5. The van der Waals surface area contributed by atoms with Gasteiger partial charge in [0.1, 0.15) is 5.75 Å². The van der Waals surface area contributed by atoms with Crippen molar-refractivity contribution in [2.45, 2.75) is 38.7 Å². The molecule has 1 fully saturated rings. The van der Waals surface area contributed by atoms with Gasteiger partial charge in [0.2, 0.25) is 5.91 Å². The van der Waals surface area contributed by atoms with E-state index in [2.05, 4.69) is 15.0 Å². The number of hydrogen-bond donors (Lipinski definition) is 2. The van der Waals surface area contributed by atoms with Crippen LogP contribution in [0.2, 0.25) is 5.02 Å². The normalized spacial score (nSPS) is 13.9. The molecule has 0 bridgehead atoms. The van der Waals surface area contributed by atoms with Gasteiger partial charge in [-0.25, -0.2) is 9.18 Å². The van der Waals surface area contributed by atoms with Crippen molar-refractivity contribution < 1.29 is 32.6 Å². The molecule has 36 heavy (non-hydrogen) atoms. The molecule has 1 saturated carbocycles. The van der Waals surface area contributed by atoms with Gasteiger partial charge in [-0.3, -0.25) is 9.78 Å². The van der Waals surface area contributed by atoms with Gasteiger partial charge in [0, 0.05) is 17.4 Å². The van der Waals surface area contributed by atoms with E-state index in [0.29, 0.717) is 29.3 Å². The molecule has 0 saturated heterocycles. The zero-order valence-electron chi connectivity index (χ0n) is 19.1. The van der Waals surface area contributed by atoms with Gasteiger partial charge < -0.3 is 15.2 Å². The van der Waals surface area contributed by atoms with Gasteiger partial charge in [-0.05, 0) is 67.3 Å². The number of aromatic carboxylic acids is 1. The Labute approximate surface area is 210 Å². The number of hydrogen-bond acceptors (Lipinski definition) is 4. The number of carboxylic acid groups (broad SMARTS) is 1. The van der Waals surface area contributed by atoms with Crippen molar-refractivity contribution in [3.8, 4) is 16.9 Å². The number of pyridine rings is 1. The van der Waals surface area contributed by atoms with Crippen molar-refractivity contribution >= 4 is 29.2 Å². The van der Waals surface area contributed by atoms with Crippen LogP contribution in [0, 0.1) is 18.7 Å². The highest BCUT2D eigenvalue weighted by molar-refractivity contribution is 6.31. The third-order valence-corrected chi connectivity index (χ3v) is 6.30. The lowest BCUT2D eigenvalue weighted by Gasteiger charge is -2.19. The quantitative estimate of drug-likeness (QED) is 0.330. The molecule has 0 radical (unpaired) electrons. The molecule has 0 aliphatic heterocycles. The van der Waals surface area contributed by atoms with Crippen LogP contribution in [0.4, 0.5) is 18.9 Å². The van der Waals surface area contributed by atoms with Crippen molar-refractivity contribution in [1.82, 2.24) is 4.98 Å². The number of carbonyl (C=O) groups is 2. The maximum atomic E-state index is 14.9. The molecule has 0 spiro atoms. The Morgan fingerprint density at radius 1 is 1.19 bits per heavy atom. The summed E-state index contributed by atoms with van der Waals surface area (Å²) >= 11 is 5.89. The zero-order valence-corrected chi connectivity index (χ0v) is 19.9. The summed E-state index contributed by atoms with van der Waals surface area (Å²) in [6.07, 6.45) is 3.87.